The molecule has 2 aromatic carbocycles. The summed E-state index contributed by atoms with van der Waals surface area (Å²) >= 11 is 0. The molecule has 0 saturated heterocycles. The standard InChI is InChI=1S/C22H29N3O3/c1-4-5-14-28-20-12-8-18(9-13-20)22(27)24-16-21(26)23-15-17-6-10-19(11-7-17)25(2)3/h6-13H,4-5,14-16H2,1-3H3,(H,23,26)(H,24,27). The molecule has 0 aliphatic rings. The molecule has 2 aromatic rings. The number of rotatable bonds is 10. The molecule has 28 heavy (non-hydrogen) atoms. The number of hydrogen-bond donors (Lipinski definition) is 2. The number of unbranched alkanes of at least 4 members (excludes halogenated alkanes) is 1. The quantitative estimate of drug-likeness (QED) is 0.619. The normalized spacial score (nSPS) is 10.2. The second kappa shape index (κ2) is 11.0. The average molecular weight is 383 g/mol. The van der Waals surface area contributed by atoms with Gasteiger partial charge in [0, 0.05) is 31.9 Å². The molecule has 2 rings (SSSR count). The largest absolute Gasteiger partial charge is 0.494 e. The third kappa shape index (κ3) is 6.95. The molecule has 2 amide bonds. The number of carbonyl (C=O) groups is 2. The minimum atomic E-state index is -0.286. The summed E-state index contributed by atoms with van der Waals surface area (Å²) in [6, 6.07) is 14.9. The van der Waals surface area contributed by atoms with Crippen LogP contribution in [0.3, 0.4) is 0 Å². The Labute approximate surface area is 166 Å². The second-order valence-electron chi connectivity index (χ2n) is 6.75. The minimum Gasteiger partial charge on any atom is -0.494 e. The first-order valence-corrected chi connectivity index (χ1v) is 9.53. The van der Waals surface area contributed by atoms with E-state index in [-0.39, 0.29) is 18.4 Å². The predicted octanol–water partition coefficient (Wildman–Crippen LogP) is 2.98. The van der Waals surface area contributed by atoms with E-state index in [9.17, 15) is 9.59 Å². The first-order chi connectivity index (χ1) is 13.5. The van der Waals surface area contributed by atoms with Crippen molar-refractivity contribution in [3.8, 4) is 5.75 Å². The van der Waals surface area contributed by atoms with Crippen LogP contribution < -0.4 is 20.3 Å². The maximum atomic E-state index is 12.2. The molecule has 2 N–H and O–H groups in total. The van der Waals surface area contributed by atoms with E-state index >= 15 is 0 Å². The topological polar surface area (TPSA) is 70.7 Å². The van der Waals surface area contributed by atoms with E-state index in [2.05, 4.69) is 17.6 Å². The van der Waals surface area contributed by atoms with Crippen molar-refractivity contribution in [1.29, 1.82) is 0 Å². The molecule has 0 bridgehead atoms. The van der Waals surface area contributed by atoms with Gasteiger partial charge in [0.1, 0.15) is 5.75 Å². The predicted molar refractivity (Wildman–Crippen MR) is 112 cm³/mol. The van der Waals surface area contributed by atoms with Gasteiger partial charge in [-0.05, 0) is 48.4 Å². The third-order valence-corrected chi connectivity index (χ3v) is 4.24. The van der Waals surface area contributed by atoms with Gasteiger partial charge < -0.3 is 20.3 Å². The lowest BCUT2D eigenvalue weighted by molar-refractivity contribution is -0.120. The van der Waals surface area contributed by atoms with Gasteiger partial charge in [0.2, 0.25) is 5.91 Å². The van der Waals surface area contributed by atoms with Gasteiger partial charge in [-0.15, -0.1) is 0 Å². The zero-order valence-electron chi connectivity index (χ0n) is 16.8. The lowest BCUT2D eigenvalue weighted by Gasteiger charge is -2.13. The van der Waals surface area contributed by atoms with Gasteiger partial charge in [0.25, 0.3) is 5.91 Å². The number of nitrogens with one attached hydrogen (secondary N) is 2. The molecule has 0 saturated carbocycles. The fourth-order valence-electron chi connectivity index (χ4n) is 2.47. The van der Waals surface area contributed by atoms with Crippen LogP contribution in [0.5, 0.6) is 5.75 Å². The maximum absolute atomic E-state index is 12.2. The van der Waals surface area contributed by atoms with Gasteiger partial charge in [0.05, 0.1) is 13.2 Å². The van der Waals surface area contributed by atoms with E-state index in [1.807, 2.05) is 43.3 Å². The molecule has 0 unspecified atom stereocenters. The summed E-state index contributed by atoms with van der Waals surface area (Å²) < 4.78 is 5.58. The molecule has 0 aliphatic carbocycles. The van der Waals surface area contributed by atoms with E-state index in [0.717, 1.165) is 29.8 Å². The fraction of sp³-hybridized carbons (Fsp3) is 0.364. The third-order valence-electron chi connectivity index (χ3n) is 4.24. The molecule has 0 spiro atoms. The van der Waals surface area contributed by atoms with E-state index < -0.39 is 0 Å². The summed E-state index contributed by atoms with van der Waals surface area (Å²) in [4.78, 5) is 26.1. The summed E-state index contributed by atoms with van der Waals surface area (Å²) in [5.41, 5.74) is 2.60. The Morgan fingerprint density at radius 2 is 1.64 bits per heavy atom. The summed E-state index contributed by atoms with van der Waals surface area (Å²) in [5, 5.41) is 5.44. The van der Waals surface area contributed by atoms with E-state index in [1.165, 1.54) is 0 Å². The Morgan fingerprint density at radius 1 is 0.964 bits per heavy atom. The highest BCUT2D eigenvalue weighted by atomic mass is 16.5. The van der Waals surface area contributed by atoms with Crippen LogP contribution in [-0.4, -0.2) is 39.1 Å². The first kappa shape index (κ1) is 21.3. The molecule has 0 radical (unpaired) electrons. The fourth-order valence-corrected chi connectivity index (χ4v) is 2.47. The Balaban J connectivity index is 1.73. The lowest BCUT2D eigenvalue weighted by Crippen LogP contribution is -2.36. The minimum absolute atomic E-state index is 0.0661. The van der Waals surface area contributed by atoms with Crippen LogP contribution >= 0.6 is 0 Å². The first-order valence-electron chi connectivity index (χ1n) is 9.53. The summed E-state index contributed by atoms with van der Waals surface area (Å²) in [6.07, 6.45) is 2.07. The zero-order valence-corrected chi connectivity index (χ0v) is 16.8. The number of nitrogens with zero attached hydrogens (tertiary/aromatic N) is 1. The Kier molecular flexibility index (Phi) is 8.34. The Bertz CT molecular complexity index is 756. The van der Waals surface area contributed by atoms with Crippen LogP contribution in [-0.2, 0) is 11.3 Å². The molecule has 0 atom stereocenters. The number of carbonyl (C=O) groups excluding carboxylic acids is 2. The molecule has 6 heteroatoms. The van der Waals surface area contributed by atoms with Gasteiger partial charge in [-0.1, -0.05) is 25.5 Å². The number of hydrogen-bond acceptors (Lipinski definition) is 4. The molecule has 0 fully saturated rings. The van der Waals surface area contributed by atoms with Gasteiger partial charge >= 0.3 is 0 Å². The molecular formula is C22H29N3O3. The lowest BCUT2D eigenvalue weighted by atomic mass is 10.2. The van der Waals surface area contributed by atoms with E-state index in [4.69, 9.17) is 4.74 Å². The Morgan fingerprint density at radius 3 is 2.25 bits per heavy atom. The summed E-state index contributed by atoms with van der Waals surface area (Å²) in [5.74, 6) is 0.221. The average Bonchev–Trinajstić information content (AvgIpc) is 2.71. The Hall–Kier alpha value is -3.02. The number of benzene rings is 2. The molecule has 0 aliphatic heterocycles. The highest BCUT2D eigenvalue weighted by molar-refractivity contribution is 5.96. The van der Waals surface area contributed by atoms with Crippen molar-refractivity contribution in [3.05, 3.63) is 59.7 Å². The smallest absolute Gasteiger partial charge is 0.251 e. The van der Waals surface area contributed by atoms with Crippen LogP contribution in [0.4, 0.5) is 5.69 Å². The van der Waals surface area contributed by atoms with Crippen molar-refractivity contribution in [2.24, 2.45) is 0 Å². The second-order valence-corrected chi connectivity index (χ2v) is 6.75. The molecule has 0 aromatic heterocycles. The van der Waals surface area contributed by atoms with E-state index in [1.54, 1.807) is 24.3 Å². The van der Waals surface area contributed by atoms with Crippen LogP contribution in [0.25, 0.3) is 0 Å². The highest BCUT2D eigenvalue weighted by Gasteiger charge is 2.08. The molecular weight excluding hydrogens is 354 g/mol. The highest BCUT2D eigenvalue weighted by Crippen LogP contribution is 2.13. The van der Waals surface area contributed by atoms with Gasteiger partial charge in [-0.2, -0.15) is 0 Å². The SMILES string of the molecule is CCCCOc1ccc(C(=O)NCC(=O)NCc2ccc(N(C)C)cc2)cc1. The number of anilines is 1. The van der Waals surface area contributed by atoms with E-state index in [0.29, 0.717) is 18.7 Å². The van der Waals surface area contributed by atoms with Crippen molar-refractivity contribution < 1.29 is 14.3 Å². The maximum Gasteiger partial charge on any atom is 0.251 e. The zero-order chi connectivity index (χ0) is 20.4. The number of ether oxygens (including phenoxy) is 1. The van der Waals surface area contributed by atoms with Crippen molar-refractivity contribution in [3.63, 3.8) is 0 Å². The van der Waals surface area contributed by atoms with Crippen molar-refractivity contribution in [1.82, 2.24) is 10.6 Å². The monoisotopic (exact) mass is 383 g/mol. The van der Waals surface area contributed by atoms with Crippen LogP contribution in [0.2, 0.25) is 0 Å². The van der Waals surface area contributed by atoms with Crippen LogP contribution in [0.1, 0.15) is 35.7 Å². The van der Waals surface area contributed by atoms with Crippen molar-refractivity contribution in [2.75, 3.05) is 32.1 Å². The van der Waals surface area contributed by atoms with Gasteiger partial charge in [-0.25, -0.2) is 0 Å². The molecule has 0 heterocycles. The van der Waals surface area contributed by atoms with Gasteiger partial charge in [0.15, 0.2) is 0 Å². The van der Waals surface area contributed by atoms with Crippen molar-refractivity contribution in [2.45, 2.75) is 26.3 Å². The van der Waals surface area contributed by atoms with Gasteiger partial charge in [-0.3, -0.25) is 9.59 Å². The number of amides is 2. The van der Waals surface area contributed by atoms with Crippen molar-refractivity contribution >= 4 is 17.5 Å². The molecule has 6 nitrogen and oxygen atoms in total. The van der Waals surface area contributed by atoms with Crippen LogP contribution in [0, 0.1) is 0 Å². The van der Waals surface area contributed by atoms with Crippen LogP contribution in [0.15, 0.2) is 48.5 Å². The summed E-state index contributed by atoms with van der Waals surface area (Å²) in [6.45, 7) is 3.13. The molecule has 150 valence electrons. The summed E-state index contributed by atoms with van der Waals surface area (Å²) in [7, 11) is 3.96.